The van der Waals surface area contributed by atoms with Crippen molar-refractivity contribution in [1.29, 1.82) is 0 Å². The number of rotatable bonds is 4. The van der Waals surface area contributed by atoms with E-state index >= 15 is 0 Å². The highest BCUT2D eigenvalue weighted by atomic mass is 14.8. The van der Waals surface area contributed by atoms with Crippen LogP contribution in [-0.4, -0.2) is 7.05 Å². The third-order valence-electron chi connectivity index (χ3n) is 3.81. The van der Waals surface area contributed by atoms with Gasteiger partial charge < -0.3 is 5.32 Å². The summed E-state index contributed by atoms with van der Waals surface area (Å²) in [5.41, 5.74) is 3.98. The zero-order valence-corrected chi connectivity index (χ0v) is 11.8. The lowest BCUT2D eigenvalue weighted by molar-refractivity contribution is 0.969. The van der Waals surface area contributed by atoms with Gasteiger partial charge in [-0.3, -0.25) is 0 Å². The SMILES string of the molecule is CNc1ccc(CCc2cccc3ccccc23)cc1. The average Bonchev–Trinajstić information content (AvgIpc) is 2.53. The van der Waals surface area contributed by atoms with Gasteiger partial charge in [-0.25, -0.2) is 0 Å². The summed E-state index contributed by atoms with van der Waals surface area (Å²) in [6, 6.07) is 23.9. The van der Waals surface area contributed by atoms with E-state index < -0.39 is 0 Å². The topological polar surface area (TPSA) is 12.0 Å². The molecule has 0 amide bonds. The molecule has 1 nitrogen and oxygen atoms in total. The van der Waals surface area contributed by atoms with Crippen LogP contribution in [0.1, 0.15) is 11.1 Å². The zero-order chi connectivity index (χ0) is 13.8. The van der Waals surface area contributed by atoms with Gasteiger partial charge in [-0.15, -0.1) is 0 Å². The molecule has 0 unspecified atom stereocenters. The number of benzene rings is 3. The van der Waals surface area contributed by atoms with Crippen LogP contribution in [0.5, 0.6) is 0 Å². The van der Waals surface area contributed by atoms with E-state index in [4.69, 9.17) is 0 Å². The molecular weight excluding hydrogens is 242 g/mol. The minimum atomic E-state index is 1.08. The number of hydrogen-bond acceptors (Lipinski definition) is 1. The van der Waals surface area contributed by atoms with Crippen molar-refractivity contribution < 1.29 is 0 Å². The Bertz CT molecular complexity index is 693. The van der Waals surface area contributed by atoms with Gasteiger partial charge in [-0.05, 0) is 46.9 Å². The van der Waals surface area contributed by atoms with Gasteiger partial charge in [-0.2, -0.15) is 0 Å². The standard InChI is InChI=1S/C19H19N/c1-20-18-13-10-15(11-14-18)9-12-17-7-4-6-16-5-2-3-8-19(16)17/h2-8,10-11,13-14,20H,9,12H2,1H3. The van der Waals surface area contributed by atoms with Crippen molar-refractivity contribution in [3.63, 3.8) is 0 Å². The number of hydrogen-bond donors (Lipinski definition) is 1. The van der Waals surface area contributed by atoms with E-state index in [1.165, 1.54) is 27.6 Å². The van der Waals surface area contributed by atoms with Crippen molar-refractivity contribution in [1.82, 2.24) is 0 Å². The normalized spacial score (nSPS) is 10.7. The molecule has 0 aliphatic rings. The minimum absolute atomic E-state index is 1.08. The molecule has 0 aliphatic heterocycles. The average molecular weight is 261 g/mol. The summed E-state index contributed by atoms with van der Waals surface area (Å²) in [6.45, 7) is 0. The zero-order valence-electron chi connectivity index (χ0n) is 11.8. The van der Waals surface area contributed by atoms with Crippen LogP contribution in [0, 0.1) is 0 Å². The van der Waals surface area contributed by atoms with Crippen LogP contribution in [-0.2, 0) is 12.8 Å². The summed E-state index contributed by atoms with van der Waals surface area (Å²) in [4.78, 5) is 0. The van der Waals surface area contributed by atoms with Gasteiger partial charge in [-0.1, -0.05) is 54.6 Å². The van der Waals surface area contributed by atoms with Crippen molar-refractivity contribution in [2.45, 2.75) is 12.8 Å². The molecule has 1 N–H and O–H groups in total. The second kappa shape index (κ2) is 5.79. The van der Waals surface area contributed by atoms with Gasteiger partial charge in [0.25, 0.3) is 0 Å². The molecule has 0 bridgehead atoms. The maximum atomic E-state index is 3.15. The van der Waals surface area contributed by atoms with Crippen LogP contribution < -0.4 is 5.32 Å². The van der Waals surface area contributed by atoms with Crippen molar-refractivity contribution in [3.05, 3.63) is 77.9 Å². The highest BCUT2D eigenvalue weighted by Crippen LogP contribution is 2.20. The van der Waals surface area contributed by atoms with E-state index in [0.29, 0.717) is 0 Å². The molecule has 100 valence electrons. The van der Waals surface area contributed by atoms with E-state index in [2.05, 4.69) is 72.0 Å². The maximum absolute atomic E-state index is 3.15. The van der Waals surface area contributed by atoms with Crippen LogP contribution in [0.3, 0.4) is 0 Å². The lowest BCUT2D eigenvalue weighted by Gasteiger charge is -2.07. The number of aryl methyl sites for hydroxylation is 2. The molecular formula is C19H19N. The maximum Gasteiger partial charge on any atom is 0.0337 e. The Balaban J connectivity index is 1.79. The summed E-state index contributed by atoms with van der Waals surface area (Å²) in [7, 11) is 1.95. The molecule has 0 heterocycles. The van der Waals surface area contributed by atoms with Crippen molar-refractivity contribution in [3.8, 4) is 0 Å². The first kappa shape index (κ1) is 12.7. The molecule has 0 saturated heterocycles. The lowest BCUT2D eigenvalue weighted by atomic mass is 9.98. The Morgan fingerprint density at radius 3 is 2.30 bits per heavy atom. The van der Waals surface area contributed by atoms with E-state index in [1.807, 2.05) is 7.05 Å². The molecule has 3 rings (SSSR count). The number of fused-ring (bicyclic) bond motifs is 1. The third kappa shape index (κ3) is 2.67. The van der Waals surface area contributed by atoms with Gasteiger partial charge in [0.2, 0.25) is 0 Å². The fourth-order valence-electron chi connectivity index (χ4n) is 2.63. The molecule has 0 atom stereocenters. The fourth-order valence-corrected chi connectivity index (χ4v) is 2.63. The Labute approximate surface area is 120 Å². The summed E-state index contributed by atoms with van der Waals surface area (Å²) >= 11 is 0. The molecule has 0 aromatic heterocycles. The molecule has 20 heavy (non-hydrogen) atoms. The summed E-state index contributed by atoms with van der Waals surface area (Å²) < 4.78 is 0. The lowest BCUT2D eigenvalue weighted by Crippen LogP contribution is -1.93. The molecule has 1 heteroatoms. The molecule has 0 spiro atoms. The highest BCUT2D eigenvalue weighted by molar-refractivity contribution is 5.85. The summed E-state index contributed by atoms with van der Waals surface area (Å²) in [5.74, 6) is 0. The van der Waals surface area contributed by atoms with Crippen molar-refractivity contribution >= 4 is 16.5 Å². The van der Waals surface area contributed by atoms with E-state index in [0.717, 1.165) is 12.8 Å². The summed E-state index contributed by atoms with van der Waals surface area (Å²) in [6.07, 6.45) is 2.16. The number of nitrogens with one attached hydrogen (secondary N) is 1. The molecule has 3 aromatic rings. The molecule has 0 saturated carbocycles. The predicted molar refractivity (Wildman–Crippen MR) is 87.3 cm³/mol. The molecule has 0 aliphatic carbocycles. The Morgan fingerprint density at radius 2 is 1.50 bits per heavy atom. The monoisotopic (exact) mass is 261 g/mol. The first-order valence-corrected chi connectivity index (χ1v) is 7.10. The van der Waals surface area contributed by atoms with Crippen molar-refractivity contribution in [2.75, 3.05) is 12.4 Å². The van der Waals surface area contributed by atoms with Gasteiger partial charge in [0.1, 0.15) is 0 Å². The van der Waals surface area contributed by atoms with Gasteiger partial charge in [0.05, 0.1) is 0 Å². The van der Waals surface area contributed by atoms with Crippen LogP contribution >= 0.6 is 0 Å². The molecule has 3 aromatic carbocycles. The first-order valence-electron chi connectivity index (χ1n) is 7.10. The van der Waals surface area contributed by atoms with Gasteiger partial charge >= 0.3 is 0 Å². The second-order valence-electron chi connectivity index (χ2n) is 5.09. The largest absolute Gasteiger partial charge is 0.388 e. The summed E-state index contributed by atoms with van der Waals surface area (Å²) in [5, 5.41) is 5.86. The highest BCUT2D eigenvalue weighted by Gasteiger charge is 2.01. The second-order valence-corrected chi connectivity index (χ2v) is 5.09. The van der Waals surface area contributed by atoms with Crippen LogP contribution in [0.25, 0.3) is 10.8 Å². The predicted octanol–water partition coefficient (Wildman–Crippen LogP) is 4.67. The smallest absolute Gasteiger partial charge is 0.0337 e. The molecule has 0 fully saturated rings. The van der Waals surface area contributed by atoms with Crippen LogP contribution in [0.4, 0.5) is 5.69 Å². The van der Waals surface area contributed by atoms with Crippen LogP contribution in [0.15, 0.2) is 66.7 Å². The van der Waals surface area contributed by atoms with E-state index in [-0.39, 0.29) is 0 Å². The third-order valence-corrected chi connectivity index (χ3v) is 3.81. The minimum Gasteiger partial charge on any atom is -0.388 e. The van der Waals surface area contributed by atoms with E-state index in [9.17, 15) is 0 Å². The van der Waals surface area contributed by atoms with Crippen molar-refractivity contribution in [2.24, 2.45) is 0 Å². The Kier molecular flexibility index (Phi) is 3.69. The number of anilines is 1. The Hall–Kier alpha value is -2.28. The Morgan fingerprint density at radius 1 is 0.750 bits per heavy atom. The van der Waals surface area contributed by atoms with Crippen LogP contribution in [0.2, 0.25) is 0 Å². The molecule has 0 radical (unpaired) electrons. The quantitative estimate of drug-likeness (QED) is 0.720. The van der Waals surface area contributed by atoms with Gasteiger partial charge in [0, 0.05) is 12.7 Å². The fraction of sp³-hybridized carbons (Fsp3) is 0.158. The van der Waals surface area contributed by atoms with E-state index in [1.54, 1.807) is 0 Å². The van der Waals surface area contributed by atoms with Gasteiger partial charge in [0.15, 0.2) is 0 Å². The first-order chi connectivity index (χ1) is 9.86.